The molecule has 0 saturated carbocycles. The molecule has 1 rings (SSSR count). The Morgan fingerprint density at radius 2 is 2.78 bits per heavy atom. The molecule has 0 bridgehead atoms. The van der Waals surface area contributed by atoms with E-state index in [4.69, 9.17) is 5.26 Å². The number of rotatable bonds is 1. The average Bonchev–Trinajstić information content (AvgIpc) is 2.34. The van der Waals surface area contributed by atoms with Gasteiger partial charge in [-0.05, 0) is 6.92 Å². The minimum atomic E-state index is -0.301. The second-order valence-corrected chi connectivity index (χ2v) is 1.74. The number of nitrogens with zero attached hydrogens (tertiary/aromatic N) is 3. The molecule has 0 aromatic heterocycles. The monoisotopic (exact) mass is 121 g/mol. The van der Waals surface area contributed by atoms with Crippen molar-refractivity contribution in [2.24, 2.45) is 4.99 Å². The Labute approximate surface area is 54.6 Å². The lowest BCUT2D eigenvalue weighted by Crippen LogP contribution is -2.16. The summed E-state index contributed by atoms with van der Waals surface area (Å²) >= 11 is 0. The average molecular weight is 121 g/mol. The van der Waals surface area contributed by atoms with Gasteiger partial charge in [0.05, 0.1) is 12.6 Å². The Hall–Kier alpha value is -1.04. The van der Waals surface area contributed by atoms with Gasteiger partial charge >= 0.3 is 0 Å². The van der Waals surface area contributed by atoms with Crippen LogP contribution in [0.2, 0.25) is 0 Å². The predicted molar refractivity (Wildman–Crippen MR) is 33.5 cm³/mol. The van der Waals surface area contributed by atoms with E-state index in [9.17, 15) is 0 Å². The van der Waals surface area contributed by atoms with Gasteiger partial charge in [-0.1, -0.05) is 0 Å². The highest BCUT2D eigenvalue weighted by Gasteiger charge is 2.15. The van der Waals surface area contributed by atoms with Crippen molar-refractivity contribution < 1.29 is 0 Å². The minimum Gasteiger partial charge on any atom is -0.346 e. The Morgan fingerprint density at radius 3 is 3.11 bits per heavy atom. The summed E-state index contributed by atoms with van der Waals surface area (Å²) in [6, 6.07) is 1.70. The maximum atomic E-state index is 8.34. The quantitative estimate of drug-likeness (QED) is 0.500. The second-order valence-electron chi connectivity index (χ2n) is 1.74. The van der Waals surface area contributed by atoms with E-state index in [0.717, 1.165) is 6.54 Å². The van der Waals surface area contributed by atoms with E-state index >= 15 is 0 Å². The molecule has 9 heavy (non-hydrogen) atoms. The van der Waals surface area contributed by atoms with Crippen molar-refractivity contribution in [3.8, 4) is 6.07 Å². The van der Waals surface area contributed by atoms with Gasteiger partial charge in [-0.15, -0.1) is 0 Å². The van der Waals surface area contributed by atoms with Gasteiger partial charge in [0, 0.05) is 6.54 Å². The third-order valence-corrected chi connectivity index (χ3v) is 1.12. The molecule has 46 valence electrons. The molecule has 0 aromatic carbocycles. The maximum absolute atomic E-state index is 8.34. The van der Waals surface area contributed by atoms with E-state index in [2.05, 4.69) is 11.3 Å². The lowest BCUT2D eigenvalue weighted by molar-refractivity contribution is 0.551. The molecule has 1 atom stereocenters. The fourth-order valence-corrected chi connectivity index (χ4v) is 0.612. The maximum Gasteiger partial charge on any atom is 0.168 e. The molecule has 3 nitrogen and oxygen atoms in total. The number of aliphatic imine (C=N–C) groups is 1. The third kappa shape index (κ3) is 1.20. The largest absolute Gasteiger partial charge is 0.346 e. The highest BCUT2D eigenvalue weighted by atomic mass is 15.2. The van der Waals surface area contributed by atoms with Crippen molar-refractivity contribution in [3.63, 3.8) is 0 Å². The first-order chi connectivity index (χ1) is 4.36. The van der Waals surface area contributed by atoms with Crippen LogP contribution in [-0.4, -0.2) is 23.8 Å². The number of hydrogen-bond donors (Lipinski definition) is 0. The fourth-order valence-electron chi connectivity index (χ4n) is 0.612. The highest BCUT2D eigenvalue weighted by molar-refractivity contribution is 5.60. The summed E-state index contributed by atoms with van der Waals surface area (Å²) in [5, 5.41) is 8.34. The topological polar surface area (TPSA) is 39.4 Å². The first-order valence-electron chi connectivity index (χ1n) is 2.83. The van der Waals surface area contributed by atoms with Gasteiger partial charge in [0.25, 0.3) is 0 Å². The molecule has 1 heterocycles. The number of likely N-dealkylation sites (N-methyl/N-ethyl adjacent to an activating group) is 1. The van der Waals surface area contributed by atoms with E-state index in [0.29, 0.717) is 0 Å². The standard InChI is InChI=1S/C6H7N3/c1-2-9-4-6(3-7)8-5-9/h4,6H,2H2,1H3. The molecule has 1 aliphatic rings. The van der Waals surface area contributed by atoms with E-state index in [1.165, 1.54) is 0 Å². The first-order valence-corrected chi connectivity index (χ1v) is 2.83. The van der Waals surface area contributed by atoms with Crippen molar-refractivity contribution in [3.05, 3.63) is 6.54 Å². The zero-order valence-corrected chi connectivity index (χ0v) is 5.20. The Morgan fingerprint density at radius 1 is 2.00 bits per heavy atom. The molecule has 0 aliphatic carbocycles. The van der Waals surface area contributed by atoms with Crippen LogP contribution < -0.4 is 0 Å². The van der Waals surface area contributed by atoms with Crippen molar-refractivity contribution in [1.29, 1.82) is 5.26 Å². The highest BCUT2D eigenvalue weighted by Crippen LogP contribution is 2.05. The van der Waals surface area contributed by atoms with Gasteiger partial charge in [0.1, 0.15) is 0 Å². The summed E-state index contributed by atoms with van der Waals surface area (Å²) in [5.74, 6) is 0. The van der Waals surface area contributed by atoms with Crippen molar-refractivity contribution in [1.82, 2.24) is 4.90 Å². The Balaban J connectivity index is 2.42. The summed E-state index contributed by atoms with van der Waals surface area (Å²) in [5.41, 5.74) is 0. The zero-order valence-electron chi connectivity index (χ0n) is 5.20. The molecule has 1 aliphatic heterocycles. The summed E-state index contributed by atoms with van der Waals surface area (Å²) in [7, 11) is 0. The summed E-state index contributed by atoms with van der Waals surface area (Å²) < 4.78 is 0. The first kappa shape index (κ1) is 6.09. The lowest BCUT2D eigenvalue weighted by atomic mass is 10.3. The van der Waals surface area contributed by atoms with Crippen LogP contribution in [0.15, 0.2) is 4.99 Å². The number of nitriles is 1. The van der Waals surface area contributed by atoms with Gasteiger partial charge in [0.15, 0.2) is 12.4 Å². The minimum absolute atomic E-state index is 0.301. The molecule has 0 saturated heterocycles. The van der Waals surface area contributed by atoms with Crippen LogP contribution >= 0.6 is 0 Å². The predicted octanol–water partition coefficient (Wildman–Crippen LogP) is 0.281. The van der Waals surface area contributed by atoms with Crippen LogP contribution in [0.4, 0.5) is 0 Å². The molecule has 0 spiro atoms. The molecule has 0 fully saturated rings. The normalized spacial score (nSPS) is 24.4. The van der Waals surface area contributed by atoms with Crippen LogP contribution in [0, 0.1) is 17.9 Å². The number of hydrogen-bond acceptors (Lipinski definition) is 3. The van der Waals surface area contributed by atoms with Crippen LogP contribution in [0.25, 0.3) is 0 Å². The van der Waals surface area contributed by atoms with Gasteiger partial charge in [-0.2, -0.15) is 5.26 Å². The van der Waals surface area contributed by atoms with Gasteiger partial charge in [0.2, 0.25) is 0 Å². The summed E-state index contributed by atoms with van der Waals surface area (Å²) in [6.07, 6.45) is 2.69. The van der Waals surface area contributed by atoms with E-state index in [1.54, 1.807) is 11.4 Å². The van der Waals surface area contributed by atoms with Gasteiger partial charge < -0.3 is 4.90 Å². The van der Waals surface area contributed by atoms with Crippen molar-refractivity contribution >= 4 is 6.34 Å². The van der Waals surface area contributed by atoms with Gasteiger partial charge in [-0.3, -0.25) is 0 Å². The molecule has 0 N–H and O–H groups in total. The molecular formula is C6H7N3. The zero-order chi connectivity index (χ0) is 6.69. The molecule has 2 radical (unpaired) electrons. The van der Waals surface area contributed by atoms with Crippen molar-refractivity contribution in [2.45, 2.75) is 13.0 Å². The van der Waals surface area contributed by atoms with Crippen molar-refractivity contribution in [2.75, 3.05) is 6.54 Å². The molecular weight excluding hydrogens is 114 g/mol. The molecule has 3 heteroatoms. The van der Waals surface area contributed by atoms with Crippen LogP contribution in [0.3, 0.4) is 0 Å². The summed E-state index contributed by atoms with van der Waals surface area (Å²) in [6.45, 7) is 4.57. The summed E-state index contributed by atoms with van der Waals surface area (Å²) in [4.78, 5) is 5.54. The van der Waals surface area contributed by atoms with E-state index < -0.39 is 0 Å². The SMILES string of the molecule is CCN1[C]=NC(C#N)[CH]1. The smallest absolute Gasteiger partial charge is 0.168 e. The lowest BCUT2D eigenvalue weighted by Gasteiger charge is -2.06. The van der Waals surface area contributed by atoms with Gasteiger partial charge in [-0.25, -0.2) is 4.99 Å². The second kappa shape index (κ2) is 2.49. The van der Waals surface area contributed by atoms with E-state index in [-0.39, 0.29) is 6.04 Å². The van der Waals surface area contributed by atoms with Crippen LogP contribution in [0.5, 0.6) is 0 Å². The van der Waals surface area contributed by atoms with Crippen LogP contribution in [-0.2, 0) is 0 Å². The third-order valence-electron chi connectivity index (χ3n) is 1.12. The molecule has 0 aromatic rings. The molecule has 0 amide bonds. The van der Waals surface area contributed by atoms with Crippen LogP contribution in [0.1, 0.15) is 6.92 Å². The molecule has 1 unspecified atom stereocenters. The van der Waals surface area contributed by atoms with E-state index in [1.807, 2.05) is 13.0 Å². The Bertz CT molecular complexity index is 156. The fraction of sp³-hybridized carbons (Fsp3) is 0.500. The Kier molecular flexibility index (Phi) is 1.69.